The normalized spacial score (nSPS) is 17.9. The maximum Gasteiger partial charge on any atom is 0.112 e. The molecule has 70 valence electrons. The van der Waals surface area contributed by atoms with Gasteiger partial charge < -0.3 is 10.2 Å². The first kappa shape index (κ1) is 11.4. The highest BCUT2D eigenvalue weighted by Gasteiger charge is 2.29. The summed E-state index contributed by atoms with van der Waals surface area (Å²) in [5, 5.41) is 18.7. The van der Waals surface area contributed by atoms with Crippen LogP contribution >= 0.6 is 0 Å². The van der Waals surface area contributed by atoms with Crippen LogP contribution in [0.25, 0.3) is 0 Å². The zero-order valence-corrected chi connectivity index (χ0v) is 7.66. The summed E-state index contributed by atoms with van der Waals surface area (Å²) in [5.74, 6) is -0.106. The highest BCUT2D eigenvalue weighted by molar-refractivity contribution is 5.05. The van der Waals surface area contributed by atoms with Gasteiger partial charge in [0.2, 0.25) is 0 Å². The molecule has 2 atom stereocenters. The molecule has 0 aromatic carbocycles. The molecule has 0 heterocycles. The molecule has 2 N–H and O–H groups in total. The Hall–Kier alpha value is -0.600. The first-order valence-corrected chi connectivity index (χ1v) is 4.24. The van der Waals surface area contributed by atoms with E-state index in [1.54, 1.807) is 6.08 Å². The van der Waals surface area contributed by atoms with Crippen molar-refractivity contribution >= 4 is 0 Å². The van der Waals surface area contributed by atoms with E-state index in [1.165, 1.54) is 6.08 Å². The second-order valence-corrected chi connectivity index (χ2v) is 2.98. The van der Waals surface area contributed by atoms with Gasteiger partial charge in [-0.1, -0.05) is 25.5 Å². The van der Waals surface area contributed by atoms with Crippen LogP contribution in [0, 0.1) is 5.92 Å². The van der Waals surface area contributed by atoms with Gasteiger partial charge in [-0.2, -0.15) is 0 Å². The van der Waals surface area contributed by atoms with E-state index < -0.39 is 5.60 Å². The molecule has 0 aromatic heterocycles. The van der Waals surface area contributed by atoms with Crippen molar-refractivity contribution in [1.82, 2.24) is 0 Å². The average molecular weight is 170 g/mol. The Labute approximate surface area is 74.2 Å². The fourth-order valence-corrected chi connectivity index (χ4v) is 1.22. The van der Waals surface area contributed by atoms with E-state index in [-0.39, 0.29) is 12.5 Å². The van der Waals surface area contributed by atoms with Crippen LogP contribution in [0.3, 0.4) is 0 Å². The van der Waals surface area contributed by atoms with Crippen LogP contribution in [-0.2, 0) is 0 Å². The maximum atomic E-state index is 9.78. The molecule has 0 saturated heterocycles. The smallest absolute Gasteiger partial charge is 0.112 e. The predicted molar refractivity (Wildman–Crippen MR) is 50.8 cm³/mol. The molecule has 0 rings (SSSR count). The second-order valence-electron chi connectivity index (χ2n) is 2.98. The Bertz CT molecular complexity index is 154. The van der Waals surface area contributed by atoms with Crippen LogP contribution in [0.5, 0.6) is 0 Å². The zero-order chi connectivity index (χ0) is 9.61. The molecule has 0 radical (unpaired) electrons. The summed E-state index contributed by atoms with van der Waals surface area (Å²) < 4.78 is 0. The van der Waals surface area contributed by atoms with E-state index in [2.05, 4.69) is 13.2 Å². The molecule has 0 aliphatic heterocycles. The largest absolute Gasteiger partial charge is 0.393 e. The molecular weight excluding hydrogens is 152 g/mol. The van der Waals surface area contributed by atoms with Crippen molar-refractivity contribution in [3.05, 3.63) is 25.3 Å². The van der Waals surface area contributed by atoms with Gasteiger partial charge in [0, 0.05) is 5.92 Å². The molecule has 12 heavy (non-hydrogen) atoms. The van der Waals surface area contributed by atoms with Crippen molar-refractivity contribution in [3.8, 4) is 0 Å². The summed E-state index contributed by atoms with van der Waals surface area (Å²) in [6.07, 6.45) is 4.82. The van der Waals surface area contributed by atoms with Gasteiger partial charge in [-0.3, -0.25) is 0 Å². The average Bonchev–Trinajstić information content (AvgIpc) is 2.13. The van der Waals surface area contributed by atoms with Crippen LogP contribution < -0.4 is 0 Å². The summed E-state index contributed by atoms with van der Waals surface area (Å²) in [4.78, 5) is 0. The number of aliphatic hydroxyl groups is 2. The Kier molecular flexibility index (Phi) is 4.86. The molecule has 0 spiro atoms. The van der Waals surface area contributed by atoms with Gasteiger partial charge in [-0.05, 0) is 6.42 Å². The molecule has 0 aliphatic rings. The lowest BCUT2D eigenvalue weighted by Gasteiger charge is -2.29. The van der Waals surface area contributed by atoms with Gasteiger partial charge in [-0.15, -0.1) is 13.2 Å². The van der Waals surface area contributed by atoms with Crippen molar-refractivity contribution in [2.24, 2.45) is 5.92 Å². The van der Waals surface area contributed by atoms with Crippen LogP contribution in [0.4, 0.5) is 0 Å². The monoisotopic (exact) mass is 170 g/mol. The van der Waals surface area contributed by atoms with Crippen LogP contribution in [0.15, 0.2) is 25.3 Å². The lowest BCUT2D eigenvalue weighted by Crippen LogP contribution is -2.38. The third-order valence-corrected chi connectivity index (χ3v) is 2.13. The molecule has 0 amide bonds. The summed E-state index contributed by atoms with van der Waals surface area (Å²) in [6, 6.07) is 0. The quantitative estimate of drug-likeness (QED) is 0.593. The molecular formula is C10H18O2. The zero-order valence-electron chi connectivity index (χ0n) is 7.66. The summed E-state index contributed by atoms with van der Waals surface area (Å²) in [6.45, 7) is 8.85. The lowest BCUT2D eigenvalue weighted by atomic mass is 9.85. The van der Waals surface area contributed by atoms with Gasteiger partial charge in [0.05, 0.1) is 6.61 Å². The fourth-order valence-electron chi connectivity index (χ4n) is 1.22. The molecule has 0 aromatic rings. The molecule has 2 heteroatoms. The van der Waals surface area contributed by atoms with Gasteiger partial charge in [-0.25, -0.2) is 0 Å². The second kappa shape index (κ2) is 5.12. The fraction of sp³-hybridized carbons (Fsp3) is 0.600. The Morgan fingerprint density at radius 2 is 2.08 bits per heavy atom. The first-order chi connectivity index (χ1) is 5.64. The topological polar surface area (TPSA) is 40.5 Å². The van der Waals surface area contributed by atoms with E-state index in [0.29, 0.717) is 0 Å². The Morgan fingerprint density at radius 3 is 2.33 bits per heavy atom. The standard InChI is InChI=1S/C10H18O2/c1-4-7-9(5-2)10(12,6-3)8-11/h5-6,9,11-12H,2-4,7-8H2,1H3/t9-,10+/m1/s1. The Morgan fingerprint density at radius 1 is 1.50 bits per heavy atom. The highest BCUT2D eigenvalue weighted by atomic mass is 16.3. The van der Waals surface area contributed by atoms with Gasteiger partial charge in [0.1, 0.15) is 5.60 Å². The minimum atomic E-state index is -1.20. The third kappa shape index (κ3) is 2.47. The highest BCUT2D eigenvalue weighted by Crippen LogP contribution is 2.23. The van der Waals surface area contributed by atoms with E-state index in [1.807, 2.05) is 6.92 Å². The predicted octanol–water partition coefficient (Wildman–Crippen LogP) is 1.50. The molecule has 0 bridgehead atoms. The Balaban J connectivity index is 4.42. The van der Waals surface area contributed by atoms with Crippen molar-refractivity contribution < 1.29 is 10.2 Å². The SMILES string of the molecule is C=C[C@H](CCC)[C@](O)(C=C)CO. The minimum Gasteiger partial charge on any atom is -0.393 e. The number of aliphatic hydroxyl groups excluding tert-OH is 1. The lowest BCUT2D eigenvalue weighted by molar-refractivity contribution is -0.00842. The van der Waals surface area contributed by atoms with E-state index in [4.69, 9.17) is 5.11 Å². The molecule has 0 saturated carbocycles. The van der Waals surface area contributed by atoms with Crippen molar-refractivity contribution in [1.29, 1.82) is 0 Å². The van der Waals surface area contributed by atoms with Crippen molar-refractivity contribution in [2.75, 3.05) is 6.61 Å². The van der Waals surface area contributed by atoms with E-state index in [0.717, 1.165) is 12.8 Å². The number of hydrogen-bond acceptors (Lipinski definition) is 2. The minimum absolute atomic E-state index is 0.106. The van der Waals surface area contributed by atoms with Gasteiger partial charge in [0.25, 0.3) is 0 Å². The number of rotatable bonds is 6. The van der Waals surface area contributed by atoms with Crippen molar-refractivity contribution in [2.45, 2.75) is 25.4 Å². The molecule has 0 fully saturated rings. The molecule has 0 aliphatic carbocycles. The summed E-state index contributed by atoms with van der Waals surface area (Å²) in [5.41, 5.74) is -1.20. The third-order valence-electron chi connectivity index (χ3n) is 2.13. The van der Waals surface area contributed by atoms with Crippen molar-refractivity contribution in [3.63, 3.8) is 0 Å². The van der Waals surface area contributed by atoms with Crippen LogP contribution in [0.2, 0.25) is 0 Å². The number of hydrogen-bond donors (Lipinski definition) is 2. The summed E-state index contributed by atoms with van der Waals surface area (Å²) >= 11 is 0. The first-order valence-electron chi connectivity index (χ1n) is 4.24. The van der Waals surface area contributed by atoms with Gasteiger partial charge >= 0.3 is 0 Å². The molecule has 2 nitrogen and oxygen atoms in total. The van der Waals surface area contributed by atoms with Gasteiger partial charge in [0.15, 0.2) is 0 Å². The maximum absolute atomic E-state index is 9.78. The van der Waals surface area contributed by atoms with Crippen LogP contribution in [-0.4, -0.2) is 22.4 Å². The van der Waals surface area contributed by atoms with E-state index in [9.17, 15) is 5.11 Å². The van der Waals surface area contributed by atoms with Crippen LogP contribution in [0.1, 0.15) is 19.8 Å². The molecule has 0 unspecified atom stereocenters. The summed E-state index contributed by atoms with van der Waals surface area (Å²) in [7, 11) is 0. The van der Waals surface area contributed by atoms with E-state index >= 15 is 0 Å².